The fraction of sp³-hybridized carbons (Fsp3) is 0.269. The summed E-state index contributed by atoms with van der Waals surface area (Å²) in [5, 5.41) is 4.13. The minimum atomic E-state index is 0.117. The molecule has 6 rings (SSSR count). The number of hydrogen-bond acceptors (Lipinski definition) is 7. The van der Waals surface area contributed by atoms with Crippen molar-refractivity contribution in [3.05, 3.63) is 78.1 Å². The fourth-order valence-corrected chi connectivity index (χ4v) is 4.51. The summed E-state index contributed by atoms with van der Waals surface area (Å²) in [4.78, 5) is 11.1. The molecule has 0 saturated carbocycles. The van der Waals surface area contributed by atoms with Crippen LogP contribution in [0.1, 0.15) is 17.5 Å². The molecule has 2 aromatic carbocycles. The molecule has 2 aliphatic rings. The minimum absolute atomic E-state index is 0.117. The number of aromatic nitrogens is 3. The Morgan fingerprint density at radius 2 is 1.97 bits per heavy atom. The van der Waals surface area contributed by atoms with Crippen molar-refractivity contribution in [2.45, 2.75) is 25.5 Å². The van der Waals surface area contributed by atoms with Crippen molar-refractivity contribution < 1.29 is 14.0 Å². The summed E-state index contributed by atoms with van der Waals surface area (Å²) in [6.07, 6.45) is 5.53. The van der Waals surface area contributed by atoms with Crippen LogP contribution in [0.4, 0.5) is 0 Å². The monoisotopic (exact) mass is 440 g/mol. The lowest BCUT2D eigenvalue weighted by atomic mass is 10.1. The van der Waals surface area contributed by atoms with Crippen LogP contribution in [-0.2, 0) is 13.0 Å². The van der Waals surface area contributed by atoms with Crippen LogP contribution in [0.5, 0.6) is 11.5 Å². The third-order valence-electron chi connectivity index (χ3n) is 6.16. The van der Waals surface area contributed by atoms with Crippen LogP contribution in [0.15, 0.2) is 71.5 Å². The van der Waals surface area contributed by atoms with E-state index < -0.39 is 0 Å². The summed E-state index contributed by atoms with van der Waals surface area (Å²) in [5.74, 6) is 2.79. The predicted molar refractivity (Wildman–Crippen MR) is 123 cm³/mol. The molecular formula is C26H24N4O3. The van der Waals surface area contributed by atoms with Gasteiger partial charge in [-0.3, -0.25) is 9.88 Å². The summed E-state index contributed by atoms with van der Waals surface area (Å²) in [6, 6.07) is 18.1. The molecule has 0 amide bonds. The van der Waals surface area contributed by atoms with Crippen LogP contribution < -0.4 is 9.47 Å². The number of nitrogens with zero attached hydrogens (tertiary/aromatic N) is 4. The van der Waals surface area contributed by atoms with Gasteiger partial charge in [-0.25, -0.2) is 0 Å². The Bertz CT molecular complexity index is 1260. The zero-order valence-electron chi connectivity index (χ0n) is 18.2. The number of para-hydroxylation sites is 1. The van der Waals surface area contributed by atoms with Crippen molar-refractivity contribution in [2.75, 3.05) is 19.7 Å². The van der Waals surface area contributed by atoms with E-state index >= 15 is 0 Å². The molecular weight excluding hydrogens is 416 g/mol. The molecule has 33 heavy (non-hydrogen) atoms. The predicted octanol–water partition coefficient (Wildman–Crippen LogP) is 4.39. The Hall–Kier alpha value is -3.71. The van der Waals surface area contributed by atoms with E-state index in [9.17, 15) is 0 Å². The average molecular weight is 441 g/mol. The molecule has 0 bridgehead atoms. The maximum atomic E-state index is 6.42. The summed E-state index contributed by atoms with van der Waals surface area (Å²) in [7, 11) is 0. The molecule has 4 aromatic rings. The van der Waals surface area contributed by atoms with E-state index in [0.717, 1.165) is 61.7 Å². The summed E-state index contributed by atoms with van der Waals surface area (Å²) in [5.41, 5.74) is 4.32. The largest absolute Gasteiger partial charge is 0.493 e. The number of likely N-dealkylation sites (tertiary alicyclic amines) is 1. The highest BCUT2D eigenvalue weighted by atomic mass is 16.5. The maximum absolute atomic E-state index is 6.42. The van der Waals surface area contributed by atoms with Gasteiger partial charge >= 0.3 is 0 Å². The Morgan fingerprint density at radius 3 is 2.91 bits per heavy atom. The quantitative estimate of drug-likeness (QED) is 0.440. The van der Waals surface area contributed by atoms with Gasteiger partial charge in [-0.1, -0.05) is 29.4 Å². The van der Waals surface area contributed by atoms with Crippen LogP contribution >= 0.6 is 0 Å². The molecule has 4 heterocycles. The van der Waals surface area contributed by atoms with Gasteiger partial charge < -0.3 is 14.0 Å². The lowest BCUT2D eigenvalue weighted by Crippen LogP contribution is -2.24. The van der Waals surface area contributed by atoms with Crippen LogP contribution in [0, 0.1) is 0 Å². The van der Waals surface area contributed by atoms with Crippen molar-refractivity contribution in [1.29, 1.82) is 0 Å². The molecule has 0 N–H and O–H groups in total. The van der Waals surface area contributed by atoms with Crippen molar-refractivity contribution in [3.63, 3.8) is 0 Å². The molecule has 0 radical (unpaired) electrons. The van der Waals surface area contributed by atoms with E-state index in [1.807, 2.05) is 36.4 Å². The first-order valence-corrected chi connectivity index (χ1v) is 11.3. The highest BCUT2D eigenvalue weighted by Crippen LogP contribution is 2.32. The van der Waals surface area contributed by atoms with Gasteiger partial charge in [0.15, 0.2) is 0 Å². The lowest BCUT2D eigenvalue weighted by Gasteiger charge is -2.18. The number of ether oxygens (including phenoxy) is 2. The SMILES string of the molecule is c1ccc(-c2nc(-c3ccncc3)no2)c(OC2CCN(Cc3ccc4c(c3)CCO4)C2)c1. The Morgan fingerprint density at radius 1 is 1.06 bits per heavy atom. The normalized spacial score (nSPS) is 17.6. The highest BCUT2D eigenvalue weighted by molar-refractivity contribution is 5.65. The number of benzene rings is 2. The van der Waals surface area contributed by atoms with Gasteiger partial charge in [-0.2, -0.15) is 4.98 Å². The van der Waals surface area contributed by atoms with Crippen LogP contribution in [-0.4, -0.2) is 45.8 Å². The Labute approximate surface area is 192 Å². The zero-order chi connectivity index (χ0) is 22.0. The van der Waals surface area contributed by atoms with E-state index in [2.05, 4.69) is 38.2 Å². The van der Waals surface area contributed by atoms with Gasteiger partial charge in [-0.15, -0.1) is 0 Å². The fourth-order valence-electron chi connectivity index (χ4n) is 4.51. The topological polar surface area (TPSA) is 73.5 Å². The van der Waals surface area contributed by atoms with E-state index in [0.29, 0.717) is 11.7 Å². The molecule has 1 saturated heterocycles. The molecule has 2 aromatic heterocycles. The lowest BCUT2D eigenvalue weighted by molar-refractivity contribution is 0.198. The second-order valence-corrected chi connectivity index (χ2v) is 8.46. The van der Waals surface area contributed by atoms with Gasteiger partial charge in [0.1, 0.15) is 17.6 Å². The van der Waals surface area contributed by atoms with Crippen molar-refractivity contribution in [1.82, 2.24) is 20.0 Å². The van der Waals surface area contributed by atoms with E-state index in [4.69, 9.17) is 14.0 Å². The molecule has 0 spiro atoms. The molecule has 2 aliphatic heterocycles. The molecule has 7 nitrogen and oxygen atoms in total. The first-order chi connectivity index (χ1) is 16.3. The molecule has 7 heteroatoms. The molecule has 1 atom stereocenters. The third-order valence-corrected chi connectivity index (χ3v) is 6.16. The summed E-state index contributed by atoms with van der Waals surface area (Å²) >= 11 is 0. The van der Waals surface area contributed by atoms with Crippen molar-refractivity contribution in [2.24, 2.45) is 0 Å². The van der Waals surface area contributed by atoms with Crippen molar-refractivity contribution >= 4 is 0 Å². The summed E-state index contributed by atoms with van der Waals surface area (Å²) < 4.78 is 17.6. The first-order valence-electron chi connectivity index (χ1n) is 11.3. The van der Waals surface area contributed by atoms with Crippen LogP contribution in [0.25, 0.3) is 22.8 Å². The Kier molecular flexibility index (Phi) is 5.24. The Balaban J connectivity index is 1.14. The van der Waals surface area contributed by atoms with Crippen LogP contribution in [0.2, 0.25) is 0 Å². The summed E-state index contributed by atoms with van der Waals surface area (Å²) in [6.45, 7) is 3.61. The van der Waals surface area contributed by atoms with E-state index in [1.165, 1.54) is 11.1 Å². The number of pyridine rings is 1. The van der Waals surface area contributed by atoms with E-state index in [1.54, 1.807) is 12.4 Å². The van der Waals surface area contributed by atoms with Gasteiger partial charge in [0.2, 0.25) is 5.82 Å². The van der Waals surface area contributed by atoms with Gasteiger partial charge in [0.05, 0.1) is 12.2 Å². The molecule has 166 valence electrons. The van der Waals surface area contributed by atoms with Gasteiger partial charge in [0.25, 0.3) is 5.89 Å². The number of fused-ring (bicyclic) bond motifs is 1. The van der Waals surface area contributed by atoms with Gasteiger partial charge in [0, 0.05) is 44.0 Å². The smallest absolute Gasteiger partial charge is 0.262 e. The number of hydrogen-bond donors (Lipinski definition) is 0. The molecule has 1 fully saturated rings. The second-order valence-electron chi connectivity index (χ2n) is 8.46. The standard InChI is InChI=1S/C26H24N4O3/c1-2-4-24(22(3-1)26-28-25(29-33-26)19-7-11-27-12-8-19)32-21-9-13-30(17-21)16-18-5-6-23-20(15-18)10-14-31-23/h1-8,11-12,15,21H,9-10,13-14,16-17H2. The van der Waals surface area contributed by atoms with Crippen LogP contribution in [0.3, 0.4) is 0 Å². The minimum Gasteiger partial charge on any atom is -0.493 e. The highest BCUT2D eigenvalue weighted by Gasteiger charge is 2.26. The zero-order valence-corrected chi connectivity index (χ0v) is 18.2. The molecule has 1 unspecified atom stereocenters. The van der Waals surface area contributed by atoms with Gasteiger partial charge in [-0.05, 0) is 47.9 Å². The first kappa shape index (κ1) is 19.9. The average Bonchev–Trinajstić information content (AvgIpc) is 3.61. The second kappa shape index (κ2) is 8.67. The van der Waals surface area contributed by atoms with Crippen molar-refractivity contribution in [3.8, 4) is 34.3 Å². The number of rotatable bonds is 6. The van der Waals surface area contributed by atoms with E-state index in [-0.39, 0.29) is 6.10 Å². The maximum Gasteiger partial charge on any atom is 0.262 e. The third kappa shape index (κ3) is 4.19. The molecule has 0 aliphatic carbocycles.